The van der Waals surface area contributed by atoms with Crippen molar-refractivity contribution in [3.63, 3.8) is 0 Å². The van der Waals surface area contributed by atoms with Gasteiger partial charge >= 0.3 is 0 Å². The van der Waals surface area contributed by atoms with E-state index in [-0.39, 0.29) is 5.52 Å². The maximum absolute atomic E-state index is 10.9. The van der Waals surface area contributed by atoms with Crippen molar-refractivity contribution in [1.82, 2.24) is 0 Å². The van der Waals surface area contributed by atoms with Crippen LogP contribution in [0.25, 0.3) is 0 Å². The minimum Gasteiger partial charge on any atom is -0.398 e. The second-order valence-corrected chi connectivity index (χ2v) is 2.71. The summed E-state index contributed by atoms with van der Waals surface area (Å²) in [6, 6.07) is 6.69. The van der Waals surface area contributed by atoms with Crippen LogP contribution in [0.5, 0.6) is 0 Å². The van der Waals surface area contributed by atoms with Crippen LogP contribution in [0, 0.1) is 0 Å². The summed E-state index contributed by atoms with van der Waals surface area (Å²) in [5.41, 5.74) is 5.97. The molecule has 11 heavy (non-hydrogen) atoms. The first-order valence-electron chi connectivity index (χ1n) is 3.04. The molecule has 58 valence electrons. The Morgan fingerprint density at radius 3 is 2.64 bits per heavy atom. The molecular formula is C7H8NO2P. The molecule has 0 bridgehead atoms. The van der Waals surface area contributed by atoms with Crippen LogP contribution in [0.1, 0.15) is 10.4 Å². The molecule has 1 aromatic carbocycles. The summed E-state index contributed by atoms with van der Waals surface area (Å²) in [4.78, 5) is 19.5. The number of carbonyl (C=O) groups excluding carboxylic acids is 1. The van der Waals surface area contributed by atoms with Gasteiger partial charge < -0.3 is 10.6 Å². The van der Waals surface area contributed by atoms with Gasteiger partial charge in [-0.3, -0.25) is 4.79 Å². The monoisotopic (exact) mass is 169 g/mol. The molecule has 0 aliphatic rings. The summed E-state index contributed by atoms with van der Waals surface area (Å²) >= 11 is 0. The molecule has 0 radical (unpaired) electrons. The first kappa shape index (κ1) is 8.18. The van der Waals surface area contributed by atoms with Crippen molar-refractivity contribution in [2.24, 2.45) is 0 Å². The second kappa shape index (κ2) is 3.46. The van der Waals surface area contributed by atoms with Gasteiger partial charge in [-0.15, -0.1) is 0 Å². The molecule has 0 fully saturated rings. The summed E-state index contributed by atoms with van der Waals surface area (Å²) in [5.74, 6) is 0. The van der Waals surface area contributed by atoms with Crippen LogP contribution in [0.2, 0.25) is 0 Å². The van der Waals surface area contributed by atoms with Gasteiger partial charge in [-0.25, -0.2) is 0 Å². The predicted molar refractivity (Wildman–Crippen MR) is 45.7 cm³/mol. The highest BCUT2D eigenvalue weighted by Crippen LogP contribution is 2.19. The number of benzene rings is 1. The van der Waals surface area contributed by atoms with Crippen LogP contribution >= 0.6 is 8.81 Å². The first-order chi connectivity index (χ1) is 5.25. The van der Waals surface area contributed by atoms with Crippen molar-refractivity contribution in [3.8, 4) is 0 Å². The zero-order valence-corrected chi connectivity index (χ0v) is 6.74. The maximum atomic E-state index is 10.9. The molecule has 0 aromatic heterocycles. The number of anilines is 1. The van der Waals surface area contributed by atoms with Crippen molar-refractivity contribution in [1.29, 1.82) is 0 Å². The fourth-order valence-corrected chi connectivity index (χ4v) is 1.11. The summed E-state index contributed by atoms with van der Waals surface area (Å²) in [6.45, 7) is 0. The zero-order chi connectivity index (χ0) is 8.27. The summed E-state index contributed by atoms with van der Waals surface area (Å²) in [6.07, 6.45) is 0. The molecule has 0 saturated heterocycles. The minimum absolute atomic E-state index is 0.317. The summed E-state index contributed by atoms with van der Waals surface area (Å²) < 4.78 is 0. The van der Waals surface area contributed by atoms with Gasteiger partial charge in [-0.05, 0) is 12.1 Å². The SMILES string of the molecule is Nc1ccccc1C(=O)PO. The van der Waals surface area contributed by atoms with Crippen LogP contribution < -0.4 is 5.73 Å². The lowest BCUT2D eigenvalue weighted by Gasteiger charge is -1.99. The molecule has 3 N–H and O–H groups in total. The van der Waals surface area contributed by atoms with Crippen LogP contribution in [-0.4, -0.2) is 10.4 Å². The summed E-state index contributed by atoms with van der Waals surface area (Å²) in [7, 11) is -0.714. The molecule has 1 rings (SSSR count). The average Bonchev–Trinajstić information content (AvgIpc) is 2.04. The van der Waals surface area contributed by atoms with E-state index in [0.717, 1.165) is 0 Å². The predicted octanol–water partition coefficient (Wildman–Crippen LogP) is 0.995. The number of nitrogens with two attached hydrogens (primary N) is 1. The fraction of sp³-hybridized carbons (Fsp3) is 0. The Balaban J connectivity index is 3.03. The van der Waals surface area contributed by atoms with E-state index in [1.807, 2.05) is 0 Å². The van der Waals surface area contributed by atoms with E-state index >= 15 is 0 Å². The maximum Gasteiger partial charge on any atom is 0.210 e. The van der Waals surface area contributed by atoms with Gasteiger partial charge in [-0.1, -0.05) is 12.1 Å². The molecule has 4 heteroatoms. The number of hydrogen-bond donors (Lipinski definition) is 2. The summed E-state index contributed by atoms with van der Waals surface area (Å²) in [5, 5.41) is 0. The zero-order valence-electron chi connectivity index (χ0n) is 5.74. The van der Waals surface area contributed by atoms with Crippen LogP contribution in [-0.2, 0) is 0 Å². The Bertz CT molecular complexity index is 275. The van der Waals surface area contributed by atoms with Crippen molar-refractivity contribution < 1.29 is 9.69 Å². The van der Waals surface area contributed by atoms with Crippen molar-refractivity contribution in [2.45, 2.75) is 0 Å². The third kappa shape index (κ3) is 1.76. The normalized spacial score (nSPS) is 10.6. The number of para-hydroxylation sites is 1. The Labute approximate surface area is 66.1 Å². The second-order valence-electron chi connectivity index (χ2n) is 2.03. The van der Waals surface area contributed by atoms with Crippen molar-refractivity contribution >= 4 is 20.0 Å². The molecule has 3 nitrogen and oxygen atoms in total. The van der Waals surface area contributed by atoms with E-state index in [4.69, 9.17) is 10.6 Å². The lowest BCUT2D eigenvalue weighted by atomic mass is 10.2. The fourth-order valence-electron chi connectivity index (χ4n) is 0.764. The van der Waals surface area contributed by atoms with Crippen molar-refractivity contribution in [3.05, 3.63) is 29.8 Å². The highest BCUT2D eigenvalue weighted by Gasteiger charge is 2.06. The lowest BCUT2D eigenvalue weighted by Crippen LogP contribution is -1.97. The van der Waals surface area contributed by atoms with Gasteiger partial charge in [0, 0.05) is 11.3 Å². The molecule has 0 saturated carbocycles. The standard InChI is InChI=1S/C7H8NO2P/c8-6-4-2-1-3-5(6)7(9)11-10/h1-4,10-11H,8H2. The van der Waals surface area contributed by atoms with E-state index in [0.29, 0.717) is 11.3 Å². The van der Waals surface area contributed by atoms with E-state index < -0.39 is 8.81 Å². The van der Waals surface area contributed by atoms with Gasteiger partial charge in [0.25, 0.3) is 0 Å². The molecule has 0 heterocycles. The molecule has 0 amide bonds. The smallest absolute Gasteiger partial charge is 0.210 e. The van der Waals surface area contributed by atoms with E-state index in [1.54, 1.807) is 24.3 Å². The molecular weight excluding hydrogens is 161 g/mol. The quantitative estimate of drug-likeness (QED) is 0.512. The average molecular weight is 169 g/mol. The first-order valence-corrected chi connectivity index (χ1v) is 3.99. The van der Waals surface area contributed by atoms with Crippen LogP contribution in [0.15, 0.2) is 24.3 Å². The molecule has 0 spiro atoms. The number of carbonyl (C=O) groups is 1. The minimum atomic E-state index is -0.714. The Hall–Kier alpha value is -0.920. The molecule has 0 aliphatic carbocycles. The largest absolute Gasteiger partial charge is 0.398 e. The molecule has 1 aromatic rings. The highest BCUT2D eigenvalue weighted by molar-refractivity contribution is 7.53. The van der Waals surface area contributed by atoms with Crippen molar-refractivity contribution in [2.75, 3.05) is 5.73 Å². The molecule has 1 unspecified atom stereocenters. The third-order valence-corrected chi connectivity index (χ3v) is 1.78. The Kier molecular flexibility index (Phi) is 2.58. The topological polar surface area (TPSA) is 63.3 Å². The van der Waals surface area contributed by atoms with E-state index in [2.05, 4.69) is 0 Å². The van der Waals surface area contributed by atoms with Gasteiger partial charge in [0.1, 0.15) is 0 Å². The molecule has 0 aliphatic heterocycles. The van der Waals surface area contributed by atoms with Gasteiger partial charge in [0.15, 0.2) is 0 Å². The van der Waals surface area contributed by atoms with Gasteiger partial charge in [-0.2, -0.15) is 0 Å². The van der Waals surface area contributed by atoms with Crippen LogP contribution in [0.3, 0.4) is 0 Å². The highest BCUT2D eigenvalue weighted by atomic mass is 31.1. The van der Waals surface area contributed by atoms with Gasteiger partial charge in [0.2, 0.25) is 5.52 Å². The number of rotatable bonds is 2. The lowest BCUT2D eigenvalue weighted by molar-refractivity contribution is 0.107. The Morgan fingerprint density at radius 2 is 2.09 bits per heavy atom. The van der Waals surface area contributed by atoms with Crippen LogP contribution in [0.4, 0.5) is 5.69 Å². The van der Waals surface area contributed by atoms with E-state index in [1.165, 1.54) is 0 Å². The van der Waals surface area contributed by atoms with E-state index in [9.17, 15) is 4.79 Å². The molecule has 1 atom stereocenters. The number of nitrogen functional groups attached to an aromatic ring is 1. The Morgan fingerprint density at radius 1 is 1.45 bits per heavy atom. The third-order valence-electron chi connectivity index (χ3n) is 1.31. The van der Waals surface area contributed by atoms with Gasteiger partial charge in [0.05, 0.1) is 8.81 Å². The number of hydrogen-bond acceptors (Lipinski definition) is 3.